The van der Waals surface area contributed by atoms with Crippen LogP contribution in [-0.2, 0) is 4.74 Å². The number of ether oxygens (including phenoxy) is 2. The Morgan fingerprint density at radius 1 is 1.10 bits per heavy atom. The molecular formula is C25H40N2O3. The fourth-order valence-electron chi connectivity index (χ4n) is 4.74. The number of hydrogen-bond donors (Lipinski definition) is 0. The van der Waals surface area contributed by atoms with E-state index in [1.165, 1.54) is 6.42 Å². The molecule has 1 atom stereocenters. The largest absolute Gasteiger partial charge is 0.490 e. The second-order valence-electron chi connectivity index (χ2n) is 10.1. The number of carbonyl (C=O) groups excluding carboxylic acids is 1. The zero-order chi connectivity index (χ0) is 21.6. The van der Waals surface area contributed by atoms with Crippen LogP contribution in [0.4, 0.5) is 0 Å². The Hall–Kier alpha value is -1.59. The summed E-state index contributed by atoms with van der Waals surface area (Å²) in [5.74, 6) is 0.946. The van der Waals surface area contributed by atoms with Crippen molar-refractivity contribution in [2.45, 2.75) is 71.4 Å². The number of nitrogens with zero attached hydrogens (tertiary/aromatic N) is 2. The van der Waals surface area contributed by atoms with E-state index in [-0.39, 0.29) is 18.1 Å². The second kappa shape index (κ2) is 10.6. The van der Waals surface area contributed by atoms with E-state index in [1.54, 1.807) is 7.11 Å². The highest BCUT2D eigenvalue weighted by Gasteiger charge is 2.28. The fourth-order valence-corrected chi connectivity index (χ4v) is 4.74. The quantitative estimate of drug-likeness (QED) is 0.651. The Morgan fingerprint density at radius 2 is 1.87 bits per heavy atom. The van der Waals surface area contributed by atoms with Gasteiger partial charge in [0.2, 0.25) is 0 Å². The molecular weight excluding hydrogens is 376 g/mol. The normalized spacial score (nSPS) is 21.6. The smallest absolute Gasteiger partial charge is 0.254 e. The predicted molar refractivity (Wildman–Crippen MR) is 121 cm³/mol. The van der Waals surface area contributed by atoms with Crippen LogP contribution in [0.1, 0.15) is 69.7 Å². The Bertz CT molecular complexity index is 677. The molecule has 5 heteroatoms. The van der Waals surface area contributed by atoms with E-state index in [9.17, 15) is 4.79 Å². The zero-order valence-corrected chi connectivity index (χ0v) is 19.4. The first-order chi connectivity index (χ1) is 14.4. The van der Waals surface area contributed by atoms with E-state index in [1.807, 2.05) is 29.2 Å². The molecule has 0 spiro atoms. The van der Waals surface area contributed by atoms with E-state index < -0.39 is 0 Å². The summed E-state index contributed by atoms with van der Waals surface area (Å²) in [5, 5.41) is 0. The lowest BCUT2D eigenvalue weighted by molar-refractivity contribution is 0.0551. The molecule has 0 aromatic heterocycles. The van der Waals surface area contributed by atoms with Crippen LogP contribution in [0.15, 0.2) is 24.3 Å². The molecule has 2 saturated heterocycles. The summed E-state index contributed by atoms with van der Waals surface area (Å²) in [6.07, 6.45) is 6.56. The van der Waals surface area contributed by atoms with Crippen LogP contribution < -0.4 is 4.74 Å². The Morgan fingerprint density at radius 3 is 2.57 bits per heavy atom. The molecule has 168 valence electrons. The summed E-state index contributed by atoms with van der Waals surface area (Å²) >= 11 is 0. The number of carbonyl (C=O) groups is 1. The maximum atomic E-state index is 13.2. The van der Waals surface area contributed by atoms with Gasteiger partial charge < -0.3 is 19.3 Å². The maximum absolute atomic E-state index is 13.2. The molecule has 0 radical (unpaired) electrons. The number of methoxy groups -OCH3 is 1. The van der Waals surface area contributed by atoms with Crippen LogP contribution in [0, 0.1) is 5.41 Å². The number of amides is 1. The van der Waals surface area contributed by atoms with E-state index in [4.69, 9.17) is 9.47 Å². The van der Waals surface area contributed by atoms with Crippen molar-refractivity contribution in [1.82, 2.24) is 9.80 Å². The second-order valence-corrected chi connectivity index (χ2v) is 10.1. The molecule has 2 fully saturated rings. The third-order valence-electron chi connectivity index (χ3n) is 6.16. The van der Waals surface area contributed by atoms with Crippen molar-refractivity contribution in [3.8, 4) is 5.75 Å². The van der Waals surface area contributed by atoms with Gasteiger partial charge in [0.1, 0.15) is 11.9 Å². The highest BCUT2D eigenvalue weighted by Crippen LogP contribution is 2.26. The molecule has 1 amide bonds. The first-order valence-electron chi connectivity index (χ1n) is 11.6. The third kappa shape index (κ3) is 6.71. The van der Waals surface area contributed by atoms with Crippen LogP contribution in [0.5, 0.6) is 5.75 Å². The summed E-state index contributed by atoms with van der Waals surface area (Å²) in [6, 6.07) is 8.07. The van der Waals surface area contributed by atoms with Crippen molar-refractivity contribution < 1.29 is 14.3 Å². The Kier molecular flexibility index (Phi) is 8.18. The third-order valence-corrected chi connectivity index (χ3v) is 6.16. The van der Waals surface area contributed by atoms with Crippen molar-refractivity contribution in [1.29, 1.82) is 0 Å². The summed E-state index contributed by atoms with van der Waals surface area (Å²) in [6.45, 7) is 11.7. The molecule has 2 heterocycles. The highest BCUT2D eigenvalue weighted by molar-refractivity contribution is 5.94. The van der Waals surface area contributed by atoms with Gasteiger partial charge in [0.05, 0.1) is 0 Å². The van der Waals surface area contributed by atoms with Gasteiger partial charge in [-0.1, -0.05) is 26.8 Å². The molecule has 1 aromatic rings. The highest BCUT2D eigenvalue weighted by atomic mass is 16.5. The summed E-state index contributed by atoms with van der Waals surface area (Å²) in [5.41, 5.74) is 1.07. The van der Waals surface area contributed by atoms with Crippen LogP contribution in [-0.4, -0.2) is 67.7 Å². The average Bonchev–Trinajstić information content (AvgIpc) is 2.72. The van der Waals surface area contributed by atoms with Crippen molar-refractivity contribution in [2.75, 3.05) is 39.9 Å². The Labute approximate surface area is 182 Å². The predicted octanol–water partition coefficient (Wildman–Crippen LogP) is 4.61. The van der Waals surface area contributed by atoms with Crippen molar-refractivity contribution >= 4 is 5.91 Å². The molecule has 2 aliphatic heterocycles. The minimum Gasteiger partial charge on any atom is -0.490 e. The summed E-state index contributed by atoms with van der Waals surface area (Å²) < 4.78 is 11.5. The number of rotatable bonds is 7. The first-order valence-corrected chi connectivity index (χ1v) is 11.6. The SMILES string of the molecule is COCC[C@H]1CCCCN1C(=O)c1cccc(OC2CCN(CC(C)(C)C)CC2)c1. The maximum Gasteiger partial charge on any atom is 0.254 e. The topological polar surface area (TPSA) is 42.0 Å². The minimum atomic E-state index is 0.126. The van der Waals surface area contributed by atoms with Gasteiger partial charge in [-0.05, 0) is 62.1 Å². The number of benzene rings is 1. The molecule has 0 aliphatic carbocycles. The van der Waals surface area contributed by atoms with Crippen LogP contribution in [0.25, 0.3) is 0 Å². The summed E-state index contributed by atoms with van der Waals surface area (Å²) in [4.78, 5) is 17.8. The number of hydrogen-bond acceptors (Lipinski definition) is 4. The molecule has 0 unspecified atom stereocenters. The van der Waals surface area contributed by atoms with Crippen LogP contribution >= 0.6 is 0 Å². The van der Waals surface area contributed by atoms with E-state index in [2.05, 4.69) is 25.7 Å². The standard InChI is InChI=1S/C25H40N2O3/c1-25(2,3)19-26-15-11-22(12-16-26)30-23-10-7-8-20(18-23)24(28)27-14-6-5-9-21(27)13-17-29-4/h7-8,10,18,21-22H,5-6,9,11-17,19H2,1-4H3/t21-/m1/s1. The molecule has 0 N–H and O–H groups in total. The Balaban J connectivity index is 1.57. The average molecular weight is 417 g/mol. The van der Waals surface area contributed by atoms with Gasteiger partial charge in [0.15, 0.2) is 0 Å². The van der Waals surface area contributed by atoms with Crippen molar-refractivity contribution in [2.24, 2.45) is 5.41 Å². The van der Waals surface area contributed by atoms with Gasteiger partial charge in [-0.3, -0.25) is 4.79 Å². The lowest BCUT2D eigenvalue weighted by Gasteiger charge is -2.36. The monoisotopic (exact) mass is 416 g/mol. The van der Waals surface area contributed by atoms with Gasteiger partial charge in [0.25, 0.3) is 5.91 Å². The minimum absolute atomic E-state index is 0.126. The van der Waals surface area contributed by atoms with Gasteiger partial charge in [-0.2, -0.15) is 0 Å². The van der Waals surface area contributed by atoms with Gasteiger partial charge in [-0.25, -0.2) is 0 Å². The molecule has 0 bridgehead atoms. The van der Waals surface area contributed by atoms with Crippen molar-refractivity contribution in [3.63, 3.8) is 0 Å². The van der Waals surface area contributed by atoms with Gasteiger partial charge in [-0.15, -0.1) is 0 Å². The molecule has 30 heavy (non-hydrogen) atoms. The summed E-state index contributed by atoms with van der Waals surface area (Å²) in [7, 11) is 1.73. The van der Waals surface area contributed by atoms with Crippen LogP contribution in [0.2, 0.25) is 0 Å². The lowest BCUT2D eigenvalue weighted by atomic mass is 9.94. The molecule has 1 aromatic carbocycles. The zero-order valence-electron chi connectivity index (χ0n) is 19.4. The number of piperidine rings is 2. The first kappa shape index (κ1) is 23.1. The van der Waals surface area contributed by atoms with Gasteiger partial charge >= 0.3 is 0 Å². The number of likely N-dealkylation sites (tertiary alicyclic amines) is 2. The fraction of sp³-hybridized carbons (Fsp3) is 0.720. The molecule has 2 aliphatic rings. The van der Waals surface area contributed by atoms with E-state index in [0.717, 1.165) is 69.6 Å². The molecule has 0 saturated carbocycles. The van der Waals surface area contributed by atoms with E-state index >= 15 is 0 Å². The van der Waals surface area contributed by atoms with Crippen LogP contribution in [0.3, 0.4) is 0 Å². The lowest BCUT2D eigenvalue weighted by Crippen LogP contribution is -2.44. The molecule has 5 nitrogen and oxygen atoms in total. The molecule has 3 rings (SSSR count). The van der Waals surface area contributed by atoms with Gasteiger partial charge in [0, 0.05) is 51.5 Å². The van der Waals surface area contributed by atoms with E-state index in [0.29, 0.717) is 12.0 Å². The van der Waals surface area contributed by atoms with Crippen molar-refractivity contribution in [3.05, 3.63) is 29.8 Å².